The number of oxime groups is 1. The molecule has 8 heteroatoms. The van der Waals surface area contributed by atoms with Crippen molar-refractivity contribution in [2.75, 3.05) is 24.6 Å². The summed E-state index contributed by atoms with van der Waals surface area (Å²) >= 11 is 0. The van der Waals surface area contributed by atoms with E-state index in [-0.39, 0.29) is 11.5 Å². The summed E-state index contributed by atoms with van der Waals surface area (Å²) in [5.74, 6) is 1.97. The summed E-state index contributed by atoms with van der Waals surface area (Å²) in [5, 5.41) is 12.6. The van der Waals surface area contributed by atoms with Gasteiger partial charge in [-0.25, -0.2) is 8.42 Å². The van der Waals surface area contributed by atoms with Gasteiger partial charge in [0.2, 0.25) is 0 Å². The van der Waals surface area contributed by atoms with Crippen LogP contribution in [0, 0.1) is 0 Å². The number of aryl methyl sites for hydroxylation is 1. The van der Waals surface area contributed by atoms with E-state index in [0.29, 0.717) is 19.6 Å². The molecule has 3 heterocycles. The SMILES string of the molecule is O=S1(=O)CCN(Cc2cc(-c3ccncc3)c(-c3ccc4c(c3)CCC4=NO)o2)CC1. The number of rotatable bonds is 4. The normalized spacial score (nSPS) is 19.5. The molecular formula is C23H23N3O4S. The third-order valence-corrected chi connectivity index (χ3v) is 7.63. The predicted molar refractivity (Wildman–Crippen MR) is 118 cm³/mol. The number of furan rings is 1. The molecule has 3 aromatic rings. The van der Waals surface area contributed by atoms with Crippen molar-refractivity contribution in [3.8, 4) is 22.5 Å². The lowest BCUT2D eigenvalue weighted by Gasteiger charge is -2.25. The number of fused-ring (bicyclic) bond motifs is 1. The van der Waals surface area contributed by atoms with Crippen LogP contribution in [-0.2, 0) is 22.8 Å². The van der Waals surface area contributed by atoms with Gasteiger partial charge in [-0.15, -0.1) is 0 Å². The van der Waals surface area contributed by atoms with Gasteiger partial charge >= 0.3 is 0 Å². The van der Waals surface area contributed by atoms with Crippen LogP contribution in [-0.4, -0.2) is 53.8 Å². The zero-order valence-electron chi connectivity index (χ0n) is 17.0. The van der Waals surface area contributed by atoms with Crippen molar-refractivity contribution in [1.29, 1.82) is 0 Å². The largest absolute Gasteiger partial charge is 0.459 e. The van der Waals surface area contributed by atoms with E-state index in [4.69, 9.17) is 4.42 Å². The Bertz CT molecular complexity index is 1240. The summed E-state index contributed by atoms with van der Waals surface area (Å²) in [4.78, 5) is 6.24. The smallest absolute Gasteiger partial charge is 0.152 e. The lowest BCUT2D eigenvalue weighted by molar-refractivity contribution is 0.263. The number of benzene rings is 1. The fourth-order valence-electron chi connectivity index (χ4n) is 4.32. The van der Waals surface area contributed by atoms with Crippen LogP contribution < -0.4 is 0 Å². The second kappa shape index (κ2) is 7.94. The first kappa shape index (κ1) is 20.0. The highest BCUT2D eigenvalue weighted by Gasteiger charge is 2.25. The van der Waals surface area contributed by atoms with Crippen molar-refractivity contribution in [2.45, 2.75) is 19.4 Å². The fourth-order valence-corrected chi connectivity index (χ4v) is 5.60. The van der Waals surface area contributed by atoms with Gasteiger partial charge in [0.05, 0.1) is 23.8 Å². The predicted octanol–water partition coefficient (Wildman–Crippen LogP) is 3.36. The van der Waals surface area contributed by atoms with Gasteiger partial charge < -0.3 is 9.62 Å². The molecule has 0 atom stereocenters. The van der Waals surface area contributed by atoms with Gasteiger partial charge in [0.15, 0.2) is 9.84 Å². The number of nitrogens with zero attached hydrogens (tertiary/aromatic N) is 3. The third-order valence-electron chi connectivity index (χ3n) is 6.02. The van der Waals surface area contributed by atoms with Gasteiger partial charge in [-0.3, -0.25) is 9.88 Å². The van der Waals surface area contributed by atoms with Gasteiger partial charge in [-0.1, -0.05) is 17.3 Å². The zero-order valence-corrected chi connectivity index (χ0v) is 17.8. The van der Waals surface area contributed by atoms with E-state index >= 15 is 0 Å². The van der Waals surface area contributed by atoms with Crippen LogP contribution in [0.25, 0.3) is 22.5 Å². The Hall–Kier alpha value is -2.97. The summed E-state index contributed by atoms with van der Waals surface area (Å²) in [5.41, 5.74) is 5.81. The fraction of sp³-hybridized carbons (Fsp3) is 0.304. The number of pyridine rings is 1. The molecule has 0 bridgehead atoms. The summed E-state index contributed by atoms with van der Waals surface area (Å²) < 4.78 is 29.8. The first-order valence-corrected chi connectivity index (χ1v) is 12.1. The maximum atomic E-state index is 11.7. The molecule has 2 aliphatic rings. The van der Waals surface area contributed by atoms with Crippen LogP contribution in [0.15, 0.2) is 58.4 Å². The zero-order chi connectivity index (χ0) is 21.4. The molecule has 1 fully saturated rings. The van der Waals surface area contributed by atoms with Crippen LogP contribution in [0.5, 0.6) is 0 Å². The average Bonchev–Trinajstić information content (AvgIpc) is 3.39. The highest BCUT2D eigenvalue weighted by atomic mass is 32.2. The topological polar surface area (TPSA) is 96.0 Å². The molecule has 0 spiro atoms. The molecule has 31 heavy (non-hydrogen) atoms. The van der Waals surface area contributed by atoms with Crippen LogP contribution in [0.4, 0.5) is 0 Å². The second-order valence-electron chi connectivity index (χ2n) is 8.04. The standard InChI is InChI=1S/C23H23N3O4S/c27-25-22-4-2-17-13-18(1-3-20(17)22)23-21(16-5-7-24-8-6-16)14-19(30-23)15-26-9-11-31(28,29)12-10-26/h1,3,5-8,13-14,27H,2,4,9-12,15H2. The highest BCUT2D eigenvalue weighted by molar-refractivity contribution is 7.91. The Morgan fingerprint density at radius 1 is 1.00 bits per heavy atom. The Balaban J connectivity index is 1.51. The summed E-state index contributed by atoms with van der Waals surface area (Å²) in [7, 11) is -2.92. The van der Waals surface area contributed by atoms with Crippen molar-refractivity contribution >= 4 is 15.5 Å². The minimum absolute atomic E-state index is 0.192. The van der Waals surface area contributed by atoms with Crippen molar-refractivity contribution < 1.29 is 18.0 Å². The first-order chi connectivity index (χ1) is 15.0. The van der Waals surface area contributed by atoms with Crippen LogP contribution >= 0.6 is 0 Å². The molecule has 2 aromatic heterocycles. The molecule has 0 radical (unpaired) electrons. The summed E-state index contributed by atoms with van der Waals surface area (Å²) in [6.45, 7) is 1.61. The van der Waals surface area contributed by atoms with Gasteiger partial charge in [-0.2, -0.15) is 0 Å². The van der Waals surface area contributed by atoms with Crippen molar-refractivity contribution in [3.05, 3.63) is 65.7 Å². The Labute approximate surface area is 180 Å². The van der Waals surface area contributed by atoms with Crippen LogP contribution in [0.2, 0.25) is 0 Å². The quantitative estimate of drug-likeness (QED) is 0.497. The van der Waals surface area contributed by atoms with E-state index in [2.05, 4.69) is 21.1 Å². The summed E-state index contributed by atoms with van der Waals surface area (Å²) in [6.07, 6.45) is 5.08. The third kappa shape index (κ3) is 4.00. The van der Waals surface area contributed by atoms with Crippen LogP contribution in [0.3, 0.4) is 0 Å². The van der Waals surface area contributed by atoms with Gasteiger partial charge in [-0.05, 0) is 48.2 Å². The Morgan fingerprint density at radius 3 is 2.52 bits per heavy atom. The lowest BCUT2D eigenvalue weighted by Crippen LogP contribution is -2.39. The Morgan fingerprint density at radius 2 is 1.77 bits per heavy atom. The molecule has 1 N–H and O–H groups in total. The van der Waals surface area contributed by atoms with E-state index in [0.717, 1.165) is 57.9 Å². The maximum absolute atomic E-state index is 11.7. The first-order valence-electron chi connectivity index (χ1n) is 10.3. The van der Waals surface area contributed by atoms with Crippen molar-refractivity contribution in [2.24, 2.45) is 5.16 Å². The van der Waals surface area contributed by atoms with E-state index in [9.17, 15) is 13.6 Å². The Kier molecular flexibility index (Phi) is 5.11. The molecule has 7 nitrogen and oxygen atoms in total. The van der Waals surface area contributed by atoms with E-state index in [1.807, 2.05) is 30.3 Å². The average molecular weight is 438 g/mol. The second-order valence-corrected chi connectivity index (χ2v) is 10.3. The molecule has 160 valence electrons. The van der Waals surface area contributed by atoms with Gasteiger partial charge in [0.25, 0.3) is 0 Å². The highest BCUT2D eigenvalue weighted by Crippen LogP contribution is 2.37. The minimum Gasteiger partial charge on any atom is -0.459 e. The number of hydrogen-bond donors (Lipinski definition) is 1. The van der Waals surface area contributed by atoms with E-state index in [1.165, 1.54) is 0 Å². The minimum atomic E-state index is -2.92. The molecule has 0 amide bonds. The maximum Gasteiger partial charge on any atom is 0.152 e. The van der Waals surface area contributed by atoms with E-state index < -0.39 is 9.84 Å². The molecule has 1 aliphatic heterocycles. The molecular weight excluding hydrogens is 414 g/mol. The molecule has 0 saturated carbocycles. The van der Waals surface area contributed by atoms with Crippen LogP contribution in [0.1, 0.15) is 23.3 Å². The lowest BCUT2D eigenvalue weighted by atomic mass is 9.99. The van der Waals surface area contributed by atoms with E-state index in [1.54, 1.807) is 12.4 Å². The molecule has 1 aliphatic carbocycles. The molecule has 1 saturated heterocycles. The van der Waals surface area contributed by atoms with Gasteiger partial charge in [0, 0.05) is 42.2 Å². The molecule has 1 aromatic carbocycles. The number of aromatic nitrogens is 1. The number of hydrogen-bond acceptors (Lipinski definition) is 7. The monoisotopic (exact) mass is 437 g/mol. The van der Waals surface area contributed by atoms with Crippen molar-refractivity contribution in [1.82, 2.24) is 9.88 Å². The summed E-state index contributed by atoms with van der Waals surface area (Å²) in [6, 6.07) is 12.0. The molecule has 0 unspecified atom stereocenters. The van der Waals surface area contributed by atoms with Crippen molar-refractivity contribution in [3.63, 3.8) is 0 Å². The number of sulfone groups is 1. The van der Waals surface area contributed by atoms with Gasteiger partial charge in [0.1, 0.15) is 11.5 Å². The molecule has 5 rings (SSSR count).